The van der Waals surface area contributed by atoms with E-state index in [2.05, 4.69) is 5.32 Å². The summed E-state index contributed by atoms with van der Waals surface area (Å²) in [4.78, 5) is 11.8. The Balaban J connectivity index is 2.68. The zero-order valence-electron chi connectivity index (χ0n) is 14.8. The van der Waals surface area contributed by atoms with Crippen LogP contribution in [0.25, 0.3) is 0 Å². The minimum atomic E-state index is -1.37. The van der Waals surface area contributed by atoms with Gasteiger partial charge in [-0.25, -0.2) is 0 Å². The first kappa shape index (κ1) is 22.0. The van der Waals surface area contributed by atoms with Crippen molar-refractivity contribution in [3.63, 3.8) is 0 Å². The highest BCUT2D eigenvalue weighted by Gasteiger charge is 2.34. The maximum Gasteiger partial charge on any atom is 0.220 e. The van der Waals surface area contributed by atoms with Crippen molar-refractivity contribution in [2.75, 3.05) is 6.61 Å². The van der Waals surface area contributed by atoms with Crippen LogP contribution in [0.4, 0.5) is 0 Å². The topological polar surface area (TPSA) is 139 Å². The van der Waals surface area contributed by atoms with Crippen LogP contribution in [0.2, 0.25) is 0 Å². The number of aliphatic hydroxyl groups is 5. The van der Waals surface area contributed by atoms with Crippen molar-refractivity contribution in [1.82, 2.24) is 5.32 Å². The lowest BCUT2D eigenvalue weighted by atomic mass is 9.96. The fourth-order valence-corrected chi connectivity index (χ4v) is 2.58. The third-order valence-electron chi connectivity index (χ3n) is 4.28. The van der Waals surface area contributed by atoms with Crippen LogP contribution in [-0.4, -0.2) is 80.7 Å². The molecule has 6 N–H and O–H groups in total. The van der Waals surface area contributed by atoms with Gasteiger partial charge in [0.2, 0.25) is 5.91 Å². The van der Waals surface area contributed by atoms with E-state index in [1.165, 1.54) is 12.2 Å². The monoisotopic (exact) mass is 361 g/mol. The van der Waals surface area contributed by atoms with E-state index in [-0.39, 0.29) is 18.9 Å². The maximum atomic E-state index is 11.8. The molecule has 7 unspecified atom stereocenters. The smallest absolute Gasteiger partial charge is 0.220 e. The highest BCUT2D eigenvalue weighted by molar-refractivity contribution is 5.76. The molecule has 1 amide bonds. The second-order valence-corrected chi connectivity index (χ2v) is 6.44. The van der Waals surface area contributed by atoms with Gasteiger partial charge in [0.1, 0.15) is 24.4 Å². The Kier molecular flexibility index (Phi) is 9.55. The summed E-state index contributed by atoms with van der Waals surface area (Å²) in [6.45, 7) is 3.54. The van der Waals surface area contributed by atoms with Crippen LogP contribution in [-0.2, 0) is 9.53 Å². The third kappa shape index (κ3) is 7.01. The molecular weight excluding hydrogens is 330 g/mol. The first-order valence-corrected chi connectivity index (χ1v) is 8.79. The van der Waals surface area contributed by atoms with E-state index in [0.29, 0.717) is 19.3 Å². The minimum absolute atomic E-state index is 0.0847. The number of nitrogens with one attached hydrogen (secondary N) is 1. The van der Waals surface area contributed by atoms with Gasteiger partial charge in [-0.15, -0.1) is 0 Å². The summed E-state index contributed by atoms with van der Waals surface area (Å²) in [6.07, 6.45) is -2.16. The van der Waals surface area contributed by atoms with Crippen molar-refractivity contribution >= 4 is 5.91 Å². The largest absolute Gasteiger partial charge is 0.393 e. The maximum absolute atomic E-state index is 11.8. The molecule has 146 valence electrons. The van der Waals surface area contributed by atoms with Crippen LogP contribution < -0.4 is 5.32 Å². The van der Waals surface area contributed by atoms with Gasteiger partial charge in [-0.1, -0.05) is 26.0 Å². The predicted molar refractivity (Wildman–Crippen MR) is 90.7 cm³/mol. The van der Waals surface area contributed by atoms with E-state index in [4.69, 9.17) is 4.74 Å². The van der Waals surface area contributed by atoms with E-state index in [0.717, 1.165) is 0 Å². The predicted octanol–water partition coefficient (Wildman–Crippen LogP) is -1.17. The van der Waals surface area contributed by atoms with Crippen molar-refractivity contribution < 1.29 is 35.1 Å². The molecule has 1 aliphatic rings. The molecule has 0 saturated heterocycles. The molecule has 0 aromatic carbocycles. The van der Waals surface area contributed by atoms with Crippen molar-refractivity contribution in [1.29, 1.82) is 0 Å². The number of aliphatic hydroxyl groups excluding tert-OH is 5. The Labute approximate surface area is 148 Å². The van der Waals surface area contributed by atoms with E-state index in [1.54, 1.807) is 6.92 Å². The van der Waals surface area contributed by atoms with E-state index < -0.39 is 42.7 Å². The van der Waals surface area contributed by atoms with E-state index in [9.17, 15) is 30.3 Å². The van der Waals surface area contributed by atoms with Crippen molar-refractivity contribution in [3.8, 4) is 0 Å². The minimum Gasteiger partial charge on any atom is -0.393 e. The Hall–Kier alpha value is -1.03. The number of carbonyl (C=O) groups is 1. The van der Waals surface area contributed by atoms with Gasteiger partial charge < -0.3 is 35.6 Å². The molecule has 0 saturated carbocycles. The van der Waals surface area contributed by atoms with Crippen molar-refractivity contribution in [3.05, 3.63) is 12.2 Å². The van der Waals surface area contributed by atoms with E-state index >= 15 is 0 Å². The van der Waals surface area contributed by atoms with Crippen LogP contribution in [0.1, 0.15) is 39.5 Å². The van der Waals surface area contributed by atoms with Gasteiger partial charge in [-0.3, -0.25) is 4.79 Å². The standard InChI is InChI=1S/C17H31NO7/c1-3-5-15(22)18-11(13(21)8-10(19)4-2)9-25-14-7-6-12(20)16(23)17(14)24/h6-7,10-14,16-17,19-21,23-24H,3-5,8-9H2,1-2H3,(H,18,22). The lowest BCUT2D eigenvalue weighted by Crippen LogP contribution is -2.51. The second kappa shape index (κ2) is 10.8. The fourth-order valence-electron chi connectivity index (χ4n) is 2.58. The zero-order valence-corrected chi connectivity index (χ0v) is 14.8. The average Bonchev–Trinajstić information content (AvgIpc) is 2.57. The quantitative estimate of drug-likeness (QED) is 0.270. The number of hydrogen-bond donors (Lipinski definition) is 6. The first-order chi connectivity index (χ1) is 11.8. The molecule has 25 heavy (non-hydrogen) atoms. The van der Waals surface area contributed by atoms with Crippen LogP contribution in [0.15, 0.2) is 12.2 Å². The molecule has 8 heteroatoms. The summed E-state index contributed by atoms with van der Waals surface area (Å²) in [7, 11) is 0. The fraction of sp³-hybridized carbons (Fsp3) is 0.824. The van der Waals surface area contributed by atoms with Crippen molar-refractivity contribution in [2.24, 2.45) is 0 Å². The van der Waals surface area contributed by atoms with Gasteiger partial charge in [0.05, 0.1) is 24.9 Å². The Morgan fingerprint density at radius 3 is 2.44 bits per heavy atom. The van der Waals surface area contributed by atoms with Crippen LogP contribution >= 0.6 is 0 Å². The second-order valence-electron chi connectivity index (χ2n) is 6.44. The molecule has 0 fully saturated rings. The molecule has 0 aromatic rings. The molecule has 0 aromatic heterocycles. The van der Waals surface area contributed by atoms with Crippen LogP contribution in [0, 0.1) is 0 Å². The molecule has 0 aliphatic heterocycles. The first-order valence-electron chi connectivity index (χ1n) is 8.79. The molecule has 1 aliphatic carbocycles. The number of hydrogen-bond acceptors (Lipinski definition) is 7. The zero-order chi connectivity index (χ0) is 19.0. The average molecular weight is 361 g/mol. The molecule has 0 spiro atoms. The molecule has 7 atom stereocenters. The lowest BCUT2D eigenvalue weighted by molar-refractivity contribution is -0.127. The molecule has 0 heterocycles. The summed E-state index contributed by atoms with van der Waals surface area (Å²) in [6, 6.07) is -0.759. The van der Waals surface area contributed by atoms with Crippen LogP contribution in [0.3, 0.4) is 0 Å². The number of ether oxygens (including phenoxy) is 1. The molecule has 0 bridgehead atoms. The molecule has 8 nitrogen and oxygen atoms in total. The molecule has 0 radical (unpaired) electrons. The van der Waals surface area contributed by atoms with Gasteiger partial charge in [0.15, 0.2) is 0 Å². The Bertz CT molecular complexity index is 431. The molecular formula is C17H31NO7. The summed E-state index contributed by atoms with van der Waals surface area (Å²) >= 11 is 0. The number of rotatable bonds is 10. The van der Waals surface area contributed by atoms with Gasteiger partial charge in [0, 0.05) is 12.8 Å². The normalized spacial score (nSPS) is 29.9. The highest BCUT2D eigenvalue weighted by atomic mass is 16.5. The summed E-state index contributed by atoms with van der Waals surface area (Å²) in [5.74, 6) is -0.240. The molecule has 1 rings (SSSR count). The van der Waals surface area contributed by atoms with Crippen LogP contribution in [0.5, 0.6) is 0 Å². The number of carbonyl (C=O) groups excluding carboxylic acids is 1. The Morgan fingerprint density at radius 1 is 1.16 bits per heavy atom. The summed E-state index contributed by atoms with van der Waals surface area (Å²) in [5.41, 5.74) is 0. The highest BCUT2D eigenvalue weighted by Crippen LogP contribution is 2.17. The van der Waals surface area contributed by atoms with Gasteiger partial charge in [0.25, 0.3) is 0 Å². The SMILES string of the molecule is CCCC(=O)NC(COC1C=CC(O)C(O)C1O)C(O)CC(O)CC. The lowest BCUT2D eigenvalue weighted by Gasteiger charge is -2.33. The van der Waals surface area contributed by atoms with Gasteiger partial charge in [-0.2, -0.15) is 0 Å². The summed E-state index contributed by atoms with van der Waals surface area (Å²) < 4.78 is 5.53. The van der Waals surface area contributed by atoms with Gasteiger partial charge >= 0.3 is 0 Å². The van der Waals surface area contributed by atoms with Crippen molar-refractivity contribution in [2.45, 2.75) is 82.2 Å². The van der Waals surface area contributed by atoms with E-state index in [1.807, 2.05) is 6.92 Å². The third-order valence-corrected chi connectivity index (χ3v) is 4.28. The van der Waals surface area contributed by atoms with Gasteiger partial charge in [-0.05, 0) is 12.8 Å². The Morgan fingerprint density at radius 2 is 1.84 bits per heavy atom. The number of amides is 1. The summed E-state index contributed by atoms with van der Waals surface area (Å²) in [5, 5.41) is 51.7.